The first-order valence-corrected chi connectivity index (χ1v) is 6.74. The number of aryl methyl sites for hydroxylation is 1. The largest absolute Gasteiger partial charge is 0.481 e. The number of nitrogens with zero attached hydrogens (tertiary/aromatic N) is 2. The van der Waals surface area contributed by atoms with Gasteiger partial charge >= 0.3 is 12.0 Å². The molecule has 0 bridgehead atoms. The molecule has 2 rings (SSSR count). The van der Waals surface area contributed by atoms with E-state index in [4.69, 9.17) is 5.11 Å². The number of nitrogens with one attached hydrogen (secondary N) is 1. The van der Waals surface area contributed by atoms with Gasteiger partial charge in [-0.3, -0.25) is 9.78 Å². The van der Waals surface area contributed by atoms with Crippen LogP contribution in [0.5, 0.6) is 0 Å². The molecule has 20 heavy (non-hydrogen) atoms. The summed E-state index contributed by atoms with van der Waals surface area (Å²) in [7, 11) is 0. The Labute approximate surface area is 117 Å². The monoisotopic (exact) mass is 277 g/mol. The number of aromatic nitrogens is 1. The summed E-state index contributed by atoms with van der Waals surface area (Å²) in [6.07, 6.45) is 3.06. The second kappa shape index (κ2) is 6.36. The van der Waals surface area contributed by atoms with Crippen molar-refractivity contribution < 1.29 is 14.7 Å². The van der Waals surface area contributed by atoms with Crippen LogP contribution >= 0.6 is 0 Å². The highest BCUT2D eigenvalue weighted by Gasteiger charge is 2.27. The predicted molar refractivity (Wildman–Crippen MR) is 73.1 cm³/mol. The zero-order chi connectivity index (χ0) is 14.5. The van der Waals surface area contributed by atoms with Crippen molar-refractivity contribution in [2.45, 2.75) is 26.3 Å². The Morgan fingerprint density at radius 3 is 3.05 bits per heavy atom. The van der Waals surface area contributed by atoms with Crippen molar-refractivity contribution in [1.82, 2.24) is 15.2 Å². The Bertz CT molecular complexity index is 504. The summed E-state index contributed by atoms with van der Waals surface area (Å²) in [6.45, 7) is 3.19. The summed E-state index contributed by atoms with van der Waals surface area (Å²) >= 11 is 0. The van der Waals surface area contributed by atoms with Crippen LogP contribution in [0.3, 0.4) is 0 Å². The first kappa shape index (κ1) is 14.3. The minimum atomic E-state index is -0.830. The molecule has 0 spiro atoms. The molecule has 1 saturated heterocycles. The van der Waals surface area contributed by atoms with Gasteiger partial charge in [0.25, 0.3) is 0 Å². The van der Waals surface area contributed by atoms with Crippen LogP contribution in [0.2, 0.25) is 0 Å². The molecule has 2 amide bonds. The fourth-order valence-corrected chi connectivity index (χ4v) is 2.34. The van der Waals surface area contributed by atoms with Crippen LogP contribution in [0.1, 0.15) is 24.1 Å². The van der Waals surface area contributed by atoms with Gasteiger partial charge in [-0.25, -0.2) is 4.79 Å². The molecule has 0 saturated carbocycles. The molecule has 6 nitrogen and oxygen atoms in total. The van der Waals surface area contributed by atoms with Gasteiger partial charge in [0.15, 0.2) is 0 Å². The van der Waals surface area contributed by atoms with Crippen LogP contribution in [0.15, 0.2) is 18.3 Å². The molecule has 0 radical (unpaired) electrons. The molecular formula is C14H19N3O3. The molecule has 108 valence electrons. The first-order valence-electron chi connectivity index (χ1n) is 6.74. The molecule has 6 heteroatoms. The van der Waals surface area contributed by atoms with Crippen molar-refractivity contribution in [3.63, 3.8) is 0 Å². The molecule has 1 aromatic heterocycles. The minimum Gasteiger partial charge on any atom is -0.481 e. The van der Waals surface area contributed by atoms with Crippen LogP contribution in [0.25, 0.3) is 0 Å². The van der Waals surface area contributed by atoms with Crippen LogP contribution in [0.4, 0.5) is 4.79 Å². The fraction of sp³-hybridized carbons (Fsp3) is 0.500. The maximum absolute atomic E-state index is 12.0. The van der Waals surface area contributed by atoms with E-state index in [1.54, 1.807) is 11.1 Å². The van der Waals surface area contributed by atoms with Crippen molar-refractivity contribution in [3.8, 4) is 0 Å². The molecule has 2 N–H and O–H groups in total. The Morgan fingerprint density at radius 1 is 1.55 bits per heavy atom. The van der Waals surface area contributed by atoms with E-state index in [2.05, 4.69) is 10.3 Å². The van der Waals surface area contributed by atoms with Crippen LogP contribution in [-0.2, 0) is 11.3 Å². The molecular weight excluding hydrogens is 258 g/mol. The van der Waals surface area contributed by atoms with Gasteiger partial charge < -0.3 is 15.3 Å². The number of carbonyl (C=O) groups excluding carboxylic acids is 1. The van der Waals surface area contributed by atoms with E-state index in [1.165, 1.54) is 0 Å². The number of carboxylic acid groups (broad SMARTS) is 1. The Hall–Kier alpha value is -2.11. The lowest BCUT2D eigenvalue weighted by atomic mass is 9.99. The number of likely N-dealkylation sites (tertiary alicyclic amines) is 1. The van der Waals surface area contributed by atoms with Crippen LogP contribution in [-0.4, -0.2) is 40.1 Å². The highest BCUT2D eigenvalue weighted by atomic mass is 16.4. The Morgan fingerprint density at radius 2 is 2.35 bits per heavy atom. The second-order valence-corrected chi connectivity index (χ2v) is 5.05. The summed E-state index contributed by atoms with van der Waals surface area (Å²) < 4.78 is 0. The fourth-order valence-electron chi connectivity index (χ4n) is 2.34. The molecule has 0 aliphatic carbocycles. The van der Waals surface area contributed by atoms with E-state index >= 15 is 0 Å². The number of aliphatic carboxylic acids is 1. The lowest BCUT2D eigenvalue weighted by Gasteiger charge is -2.30. The van der Waals surface area contributed by atoms with Crippen molar-refractivity contribution in [2.75, 3.05) is 13.1 Å². The summed E-state index contributed by atoms with van der Waals surface area (Å²) in [6, 6.07) is 3.57. The summed E-state index contributed by atoms with van der Waals surface area (Å²) in [5.74, 6) is -1.28. The number of hydrogen-bond acceptors (Lipinski definition) is 3. The highest BCUT2D eigenvalue weighted by Crippen LogP contribution is 2.16. The Balaban J connectivity index is 1.89. The van der Waals surface area contributed by atoms with Crippen LogP contribution in [0, 0.1) is 12.8 Å². The quantitative estimate of drug-likeness (QED) is 0.874. The number of amides is 2. The molecule has 1 fully saturated rings. The smallest absolute Gasteiger partial charge is 0.317 e. The summed E-state index contributed by atoms with van der Waals surface area (Å²) in [5.41, 5.74) is 1.85. The van der Waals surface area contributed by atoms with E-state index in [-0.39, 0.29) is 12.6 Å². The van der Waals surface area contributed by atoms with Gasteiger partial charge in [-0.15, -0.1) is 0 Å². The maximum Gasteiger partial charge on any atom is 0.317 e. The van der Waals surface area contributed by atoms with Crippen LogP contribution < -0.4 is 5.32 Å². The molecule has 1 aliphatic heterocycles. The SMILES string of the molecule is Cc1cccnc1CNC(=O)N1CCC[C@H](C(=O)O)C1. The summed E-state index contributed by atoms with van der Waals surface area (Å²) in [5, 5.41) is 11.8. The van der Waals surface area contributed by atoms with Crippen molar-refractivity contribution in [1.29, 1.82) is 0 Å². The number of pyridine rings is 1. The molecule has 1 aromatic rings. The predicted octanol–water partition coefficient (Wildman–Crippen LogP) is 1.40. The van der Waals surface area contributed by atoms with Gasteiger partial charge in [0.1, 0.15) is 0 Å². The van der Waals surface area contributed by atoms with E-state index in [0.29, 0.717) is 19.5 Å². The number of piperidine rings is 1. The Kier molecular flexibility index (Phi) is 4.55. The average Bonchev–Trinajstić information content (AvgIpc) is 2.46. The van der Waals surface area contributed by atoms with Crippen molar-refractivity contribution in [2.24, 2.45) is 5.92 Å². The topological polar surface area (TPSA) is 82.5 Å². The van der Waals surface area contributed by atoms with Crippen molar-refractivity contribution in [3.05, 3.63) is 29.6 Å². The van der Waals surface area contributed by atoms with E-state index in [1.807, 2.05) is 19.1 Å². The molecule has 1 aliphatic rings. The molecule has 0 unspecified atom stereocenters. The zero-order valence-corrected chi connectivity index (χ0v) is 11.5. The zero-order valence-electron chi connectivity index (χ0n) is 11.5. The number of carboxylic acids is 1. The van der Waals surface area contributed by atoms with E-state index < -0.39 is 11.9 Å². The molecule has 1 atom stereocenters. The number of hydrogen-bond donors (Lipinski definition) is 2. The summed E-state index contributed by atoms with van der Waals surface area (Å²) in [4.78, 5) is 28.8. The van der Waals surface area contributed by atoms with Gasteiger partial charge in [0.2, 0.25) is 0 Å². The number of carbonyl (C=O) groups is 2. The van der Waals surface area contributed by atoms with Gasteiger partial charge in [-0.1, -0.05) is 6.07 Å². The number of rotatable bonds is 3. The number of urea groups is 1. The minimum absolute atomic E-state index is 0.221. The third kappa shape index (κ3) is 3.46. The van der Waals surface area contributed by atoms with Gasteiger partial charge in [0, 0.05) is 19.3 Å². The van der Waals surface area contributed by atoms with Crippen molar-refractivity contribution >= 4 is 12.0 Å². The third-order valence-corrected chi connectivity index (χ3v) is 3.58. The molecule has 2 heterocycles. The lowest BCUT2D eigenvalue weighted by Crippen LogP contribution is -2.46. The second-order valence-electron chi connectivity index (χ2n) is 5.05. The third-order valence-electron chi connectivity index (χ3n) is 3.58. The van der Waals surface area contributed by atoms with Gasteiger partial charge in [0.05, 0.1) is 18.2 Å². The maximum atomic E-state index is 12.0. The lowest BCUT2D eigenvalue weighted by molar-refractivity contribution is -0.143. The van der Waals surface area contributed by atoms with Gasteiger partial charge in [-0.05, 0) is 31.4 Å². The normalized spacial score (nSPS) is 18.6. The first-order chi connectivity index (χ1) is 9.58. The average molecular weight is 277 g/mol. The highest BCUT2D eigenvalue weighted by molar-refractivity contribution is 5.76. The van der Waals surface area contributed by atoms with E-state index in [0.717, 1.165) is 17.7 Å². The van der Waals surface area contributed by atoms with E-state index in [9.17, 15) is 9.59 Å². The molecule has 0 aromatic carbocycles. The standard InChI is InChI=1S/C14H19N3O3/c1-10-4-2-6-15-12(10)8-16-14(20)17-7-3-5-11(9-17)13(18)19/h2,4,6,11H,3,5,7-9H2,1H3,(H,16,20)(H,18,19)/t11-/m0/s1. The van der Waals surface area contributed by atoms with Gasteiger partial charge in [-0.2, -0.15) is 0 Å².